The minimum Gasteiger partial charge on any atom is -0.357 e. The standard InChI is InChI=1S/C23H29FN4O/c1-2-25-23(27-16-19-9-5-6-11-21(19)24)26-14-7-12-22(29)28-15-13-18-8-3-4-10-20(18)17-28/h3-6,8-11H,2,7,12-17H2,1H3,(H2,25,26,27). The van der Waals surface area contributed by atoms with E-state index in [9.17, 15) is 9.18 Å². The van der Waals surface area contributed by atoms with Crippen molar-refractivity contribution in [3.63, 3.8) is 0 Å². The van der Waals surface area contributed by atoms with Crippen LogP contribution in [0.4, 0.5) is 4.39 Å². The first-order chi connectivity index (χ1) is 14.2. The summed E-state index contributed by atoms with van der Waals surface area (Å²) in [6.45, 7) is 5.10. The first kappa shape index (κ1) is 20.8. The molecule has 29 heavy (non-hydrogen) atoms. The van der Waals surface area contributed by atoms with Crippen LogP contribution in [0, 0.1) is 5.82 Å². The molecule has 154 valence electrons. The Morgan fingerprint density at radius 2 is 1.86 bits per heavy atom. The van der Waals surface area contributed by atoms with Crippen LogP contribution in [0.2, 0.25) is 0 Å². The van der Waals surface area contributed by atoms with Crippen molar-refractivity contribution in [3.05, 3.63) is 71.0 Å². The molecule has 0 aromatic heterocycles. The predicted octanol–water partition coefficient (Wildman–Crippen LogP) is 3.25. The van der Waals surface area contributed by atoms with E-state index in [4.69, 9.17) is 0 Å². The molecule has 2 aromatic carbocycles. The van der Waals surface area contributed by atoms with Crippen molar-refractivity contribution in [3.8, 4) is 0 Å². The molecule has 1 amide bonds. The fourth-order valence-corrected chi connectivity index (χ4v) is 3.45. The van der Waals surface area contributed by atoms with Crippen molar-refractivity contribution in [1.29, 1.82) is 0 Å². The van der Waals surface area contributed by atoms with Gasteiger partial charge in [0.05, 0.1) is 6.54 Å². The monoisotopic (exact) mass is 396 g/mol. The summed E-state index contributed by atoms with van der Waals surface area (Å²) in [7, 11) is 0. The third-order valence-electron chi connectivity index (χ3n) is 5.05. The molecule has 2 aromatic rings. The normalized spacial score (nSPS) is 13.7. The summed E-state index contributed by atoms with van der Waals surface area (Å²) < 4.78 is 13.7. The number of fused-ring (bicyclic) bond motifs is 1. The molecule has 1 aliphatic rings. The second-order valence-corrected chi connectivity index (χ2v) is 7.15. The van der Waals surface area contributed by atoms with Crippen molar-refractivity contribution in [2.24, 2.45) is 4.99 Å². The van der Waals surface area contributed by atoms with Gasteiger partial charge in [-0.2, -0.15) is 0 Å². The summed E-state index contributed by atoms with van der Waals surface area (Å²) in [5, 5.41) is 6.39. The topological polar surface area (TPSA) is 56.7 Å². The van der Waals surface area contributed by atoms with E-state index in [1.807, 2.05) is 17.9 Å². The molecule has 1 aliphatic heterocycles. The summed E-state index contributed by atoms with van der Waals surface area (Å²) in [6.07, 6.45) is 2.15. The van der Waals surface area contributed by atoms with Crippen LogP contribution < -0.4 is 10.6 Å². The molecule has 0 fully saturated rings. The second kappa shape index (κ2) is 10.6. The molecule has 5 nitrogen and oxygen atoms in total. The lowest BCUT2D eigenvalue weighted by atomic mass is 9.99. The SMILES string of the molecule is CCNC(=NCc1ccccc1F)NCCCC(=O)N1CCc2ccccc2C1. The van der Waals surface area contributed by atoms with Crippen LogP contribution in [-0.2, 0) is 24.3 Å². The number of amides is 1. The Morgan fingerprint density at radius 3 is 2.66 bits per heavy atom. The third-order valence-corrected chi connectivity index (χ3v) is 5.05. The van der Waals surface area contributed by atoms with Gasteiger partial charge >= 0.3 is 0 Å². The number of rotatable bonds is 7. The smallest absolute Gasteiger partial charge is 0.222 e. The average Bonchev–Trinajstić information content (AvgIpc) is 2.75. The predicted molar refractivity (Wildman–Crippen MR) is 114 cm³/mol. The molecule has 0 spiro atoms. The lowest BCUT2D eigenvalue weighted by molar-refractivity contribution is -0.132. The maximum atomic E-state index is 13.7. The zero-order valence-electron chi connectivity index (χ0n) is 17.0. The molecular formula is C23H29FN4O. The van der Waals surface area contributed by atoms with Gasteiger partial charge in [-0.15, -0.1) is 0 Å². The van der Waals surface area contributed by atoms with Gasteiger partial charge in [0.15, 0.2) is 5.96 Å². The fourth-order valence-electron chi connectivity index (χ4n) is 3.45. The van der Waals surface area contributed by atoms with Gasteiger partial charge in [-0.25, -0.2) is 9.38 Å². The number of halogens is 1. The molecule has 0 saturated heterocycles. The number of nitrogens with zero attached hydrogens (tertiary/aromatic N) is 2. The van der Waals surface area contributed by atoms with Crippen molar-refractivity contribution >= 4 is 11.9 Å². The number of carbonyl (C=O) groups excluding carboxylic acids is 1. The molecule has 6 heteroatoms. The van der Waals surface area contributed by atoms with Crippen LogP contribution in [-0.4, -0.2) is 36.4 Å². The van der Waals surface area contributed by atoms with Gasteiger partial charge in [0, 0.05) is 38.2 Å². The van der Waals surface area contributed by atoms with Crippen LogP contribution in [0.1, 0.15) is 36.5 Å². The minimum absolute atomic E-state index is 0.189. The first-order valence-corrected chi connectivity index (χ1v) is 10.3. The number of benzene rings is 2. The Kier molecular flexibility index (Phi) is 7.61. The highest BCUT2D eigenvalue weighted by molar-refractivity contribution is 5.80. The number of aliphatic imine (C=N–C) groups is 1. The summed E-state index contributed by atoms with van der Waals surface area (Å²) in [6, 6.07) is 15.0. The number of carbonyl (C=O) groups is 1. The van der Waals surface area contributed by atoms with Gasteiger partial charge in [-0.05, 0) is 37.0 Å². The van der Waals surface area contributed by atoms with E-state index in [2.05, 4.69) is 33.8 Å². The maximum absolute atomic E-state index is 13.7. The van der Waals surface area contributed by atoms with Gasteiger partial charge in [0.25, 0.3) is 0 Å². The molecule has 0 saturated carbocycles. The molecule has 0 radical (unpaired) electrons. The van der Waals surface area contributed by atoms with E-state index in [-0.39, 0.29) is 18.3 Å². The average molecular weight is 397 g/mol. The lowest BCUT2D eigenvalue weighted by Gasteiger charge is -2.29. The van der Waals surface area contributed by atoms with Crippen molar-refractivity contribution < 1.29 is 9.18 Å². The Labute approximate surface area is 172 Å². The van der Waals surface area contributed by atoms with E-state index >= 15 is 0 Å². The van der Waals surface area contributed by atoms with Gasteiger partial charge in [0.1, 0.15) is 5.82 Å². The fraction of sp³-hybridized carbons (Fsp3) is 0.391. The van der Waals surface area contributed by atoms with E-state index in [0.717, 1.165) is 25.9 Å². The van der Waals surface area contributed by atoms with Crippen molar-refractivity contribution in [1.82, 2.24) is 15.5 Å². The van der Waals surface area contributed by atoms with E-state index < -0.39 is 0 Å². The highest BCUT2D eigenvalue weighted by Gasteiger charge is 2.19. The Balaban J connectivity index is 1.43. The molecule has 0 unspecified atom stereocenters. The molecular weight excluding hydrogens is 367 g/mol. The zero-order chi connectivity index (χ0) is 20.5. The Hall–Kier alpha value is -2.89. The lowest BCUT2D eigenvalue weighted by Crippen LogP contribution is -2.39. The van der Waals surface area contributed by atoms with Crippen molar-refractivity contribution in [2.75, 3.05) is 19.6 Å². The van der Waals surface area contributed by atoms with E-state index in [0.29, 0.717) is 31.0 Å². The van der Waals surface area contributed by atoms with E-state index in [1.165, 1.54) is 17.2 Å². The number of nitrogens with one attached hydrogen (secondary N) is 2. The summed E-state index contributed by atoms with van der Waals surface area (Å²) in [5.74, 6) is 0.575. The number of hydrogen-bond donors (Lipinski definition) is 2. The largest absolute Gasteiger partial charge is 0.357 e. The summed E-state index contributed by atoms with van der Waals surface area (Å²) in [4.78, 5) is 18.9. The van der Waals surface area contributed by atoms with Gasteiger partial charge in [-0.1, -0.05) is 42.5 Å². The second-order valence-electron chi connectivity index (χ2n) is 7.15. The van der Waals surface area contributed by atoms with Crippen LogP contribution in [0.15, 0.2) is 53.5 Å². The van der Waals surface area contributed by atoms with Gasteiger partial charge in [-0.3, -0.25) is 4.79 Å². The Bertz CT molecular complexity index is 852. The first-order valence-electron chi connectivity index (χ1n) is 10.3. The molecule has 0 aliphatic carbocycles. The molecule has 2 N–H and O–H groups in total. The van der Waals surface area contributed by atoms with Crippen LogP contribution in [0.25, 0.3) is 0 Å². The molecule has 3 rings (SSSR count). The highest BCUT2D eigenvalue weighted by atomic mass is 19.1. The minimum atomic E-state index is -0.249. The van der Waals surface area contributed by atoms with Crippen LogP contribution in [0.5, 0.6) is 0 Å². The summed E-state index contributed by atoms with van der Waals surface area (Å²) in [5.41, 5.74) is 3.16. The van der Waals surface area contributed by atoms with Crippen LogP contribution in [0.3, 0.4) is 0 Å². The van der Waals surface area contributed by atoms with Gasteiger partial charge < -0.3 is 15.5 Å². The third kappa shape index (κ3) is 6.04. The number of guanidine groups is 1. The zero-order valence-corrected chi connectivity index (χ0v) is 17.0. The molecule has 1 heterocycles. The molecule has 0 bridgehead atoms. The maximum Gasteiger partial charge on any atom is 0.222 e. The Morgan fingerprint density at radius 1 is 1.10 bits per heavy atom. The highest BCUT2D eigenvalue weighted by Crippen LogP contribution is 2.19. The van der Waals surface area contributed by atoms with E-state index in [1.54, 1.807) is 18.2 Å². The van der Waals surface area contributed by atoms with Crippen LogP contribution >= 0.6 is 0 Å². The quantitative estimate of drug-likeness (QED) is 0.429. The molecule has 0 atom stereocenters. The summed E-state index contributed by atoms with van der Waals surface area (Å²) >= 11 is 0. The van der Waals surface area contributed by atoms with Gasteiger partial charge in [0.2, 0.25) is 5.91 Å². The van der Waals surface area contributed by atoms with Crippen molar-refractivity contribution in [2.45, 2.75) is 39.3 Å². The number of hydrogen-bond acceptors (Lipinski definition) is 2.